The predicted octanol–water partition coefficient (Wildman–Crippen LogP) is 4.20. The summed E-state index contributed by atoms with van der Waals surface area (Å²) >= 11 is 0. The molecule has 2 aromatic rings. The molecule has 0 spiro atoms. The lowest BCUT2D eigenvalue weighted by Gasteiger charge is -2.06. The van der Waals surface area contributed by atoms with Gasteiger partial charge in [0, 0.05) is 18.1 Å². The van der Waals surface area contributed by atoms with E-state index in [9.17, 15) is 0 Å². The van der Waals surface area contributed by atoms with Crippen molar-refractivity contribution < 1.29 is 9.15 Å². The molecule has 110 valence electrons. The Kier molecular flexibility index (Phi) is 5.21. The van der Waals surface area contributed by atoms with Crippen molar-refractivity contribution in [2.24, 2.45) is 0 Å². The zero-order chi connectivity index (χ0) is 14.5. The molecule has 20 heavy (non-hydrogen) atoms. The molecule has 0 aliphatic carbocycles. The second-order valence-corrected chi connectivity index (χ2v) is 5.52. The second kappa shape index (κ2) is 6.91. The van der Waals surface area contributed by atoms with Crippen molar-refractivity contribution in [3.63, 3.8) is 0 Å². The molecule has 0 bridgehead atoms. The van der Waals surface area contributed by atoms with Crippen LogP contribution in [0, 0.1) is 0 Å². The Morgan fingerprint density at radius 3 is 2.75 bits per heavy atom. The van der Waals surface area contributed by atoms with Crippen molar-refractivity contribution >= 4 is 11.0 Å². The van der Waals surface area contributed by atoms with Gasteiger partial charge in [0.2, 0.25) is 0 Å². The summed E-state index contributed by atoms with van der Waals surface area (Å²) in [6.45, 7) is 8.94. The van der Waals surface area contributed by atoms with Gasteiger partial charge in [-0.1, -0.05) is 26.8 Å². The largest absolute Gasteiger partial charge is 0.459 e. The number of ether oxygens (including phenoxy) is 1. The van der Waals surface area contributed by atoms with E-state index in [0.29, 0.717) is 12.5 Å². The van der Waals surface area contributed by atoms with Crippen LogP contribution in [0.3, 0.4) is 0 Å². The quantitative estimate of drug-likeness (QED) is 0.769. The zero-order valence-corrected chi connectivity index (χ0v) is 13.0. The summed E-state index contributed by atoms with van der Waals surface area (Å²) < 4.78 is 11.3. The van der Waals surface area contributed by atoms with Crippen LogP contribution < -0.4 is 5.32 Å². The van der Waals surface area contributed by atoms with Crippen molar-refractivity contribution in [2.75, 3.05) is 13.7 Å². The van der Waals surface area contributed by atoms with E-state index in [-0.39, 0.29) is 0 Å². The molecular weight excluding hydrogens is 250 g/mol. The molecule has 1 aromatic heterocycles. The van der Waals surface area contributed by atoms with E-state index in [1.165, 1.54) is 16.5 Å². The lowest BCUT2D eigenvalue weighted by Crippen LogP contribution is -2.14. The van der Waals surface area contributed by atoms with Crippen LogP contribution in [0.15, 0.2) is 22.6 Å². The number of hydrogen-bond acceptors (Lipinski definition) is 3. The van der Waals surface area contributed by atoms with Gasteiger partial charge in [-0.15, -0.1) is 0 Å². The monoisotopic (exact) mass is 275 g/mol. The Morgan fingerprint density at radius 1 is 1.30 bits per heavy atom. The van der Waals surface area contributed by atoms with Crippen molar-refractivity contribution in [2.45, 2.75) is 46.3 Å². The molecule has 3 nitrogen and oxygen atoms in total. The molecule has 0 aliphatic rings. The number of nitrogens with one attached hydrogen (secondary N) is 1. The Bertz CT molecular complexity index is 557. The first-order valence-electron chi connectivity index (χ1n) is 7.41. The van der Waals surface area contributed by atoms with Crippen LogP contribution in [-0.4, -0.2) is 13.7 Å². The minimum absolute atomic E-state index is 0.520. The summed E-state index contributed by atoms with van der Waals surface area (Å²) in [7, 11) is 1.73. The fraction of sp³-hybridized carbons (Fsp3) is 0.529. The van der Waals surface area contributed by atoms with Gasteiger partial charge in [-0.2, -0.15) is 0 Å². The first-order valence-corrected chi connectivity index (χ1v) is 7.41. The maximum absolute atomic E-state index is 5.99. The highest BCUT2D eigenvalue weighted by Crippen LogP contribution is 2.29. The lowest BCUT2D eigenvalue weighted by atomic mass is 10.0. The minimum atomic E-state index is 0.520. The number of benzene rings is 1. The summed E-state index contributed by atoms with van der Waals surface area (Å²) in [5.41, 5.74) is 3.46. The highest BCUT2D eigenvalue weighted by Gasteiger charge is 2.14. The van der Waals surface area contributed by atoms with Gasteiger partial charge < -0.3 is 14.5 Å². The van der Waals surface area contributed by atoms with E-state index in [1.54, 1.807) is 7.11 Å². The van der Waals surface area contributed by atoms with Crippen LogP contribution >= 0.6 is 0 Å². The number of fused-ring (bicyclic) bond motifs is 1. The third-order valence-corrected chi connectivity index (χ3v) is 3.57. The van der Waals surface area contributed by atoms with Crippen LogP contribution in [0.25, 0.3) is 11.0 Å². The molecule has 0 saturated carbocycles. The zero-order valence-electron chi connectivity index (χ0n) is 13.0. The predicted molar refractivity (Wildman–Crippen MR) is 83.0 cm³/mol. The molecule has 2 rings (SSSR count). The van der Waals surface area contributed by atoms with Gasteiger partial charge in [0.1, 0.15) is 11.3 Å². The van der Waals surface area contributed by atoms with Crippen LogP contribution in [0.4, 0.5) is 0 Å². The highest BCUT2D eigenvalue weighted by atomic mass is 16.5. The summed E-state index contributed by atoms with van der Waals surface area (Å²) in [5.74, 6) is 1.52. The van der Waals surface area contributed by atoms with Crippen LogP contribution in [0.2, 0.25) is 0 Å². The molecule has 3 heteroatoms. The van der Waals surface area contributed by atoms with Gasteiger partial charge in [0.25, 0.3) is 0 Å². The second-order valence-electron chi connectivity index (χ2n) is 5.52. The standard InChI is InChI=1S/C17H25NO2/c1-5-8-18-10-17-15(11-19-4)14-9-13(12(2)3)6-7-16(14)20-17/h6-7,9,12,18H,5,8,10-11H2,1-4H3. The third-order valence-electron chi connectivity index (χ3n) is 3.57. The molecule has 0 fully saturated rings. The average Bonchev–Trinajstić information content (AvgIpc) is 2.77. The Balaban J connectivity index is 2.38. The normalized spacial score (nSPS) is 11.7. The molecule has 0 amide bonds. The molecule has 0 aliphatic heterocycles. The van der Waals surface area contributed by atoms with Gasteiger partial charge in [0.15, 0.2) is 0 Å². The molecule has 0 unspecified atom stereocenters. The van der Waals surface area contributed by atoms with E-state index < -0.39 is 0 Å². The van der Waals surface area contributed by atoms with Crippen molar-refractivity contribution in [1.29, 1.82) is 0 Å². The van der Waals surface area contributed by atoms with Crippen molar-refractivity contribution in [1.82, 2.24) is 5.32 Å². The summed E-state index contributed by atoms with van der Waals surface area (Å²) in [6, 6.07) is 6.46. The van der Waals surface area contributed by atoms with Crippen LogP contribution in [0.1, 0.15) is 50.0 Å². The fourth-order valence-corrected chi connectivity index (χ4v) is 2.40. The Morgan fingerprint density at radius 2 is 2.10 bits per heavy atom. The molecule has 0 radical (unpaired) electrons. The van der Waals surface area contributed by atoms with E-state index in [0.717, 1.165) is 30.9 Å². The molecule has 0 saturated heterocycles. The average molecular weight is 275 g/mol. The molecule has 1 aromatic carbocycles. The van der Waals surface area contributed by atoms with E-state index in [1.807, 2.05) is 0 Å². The SMILES string of the molecule is CCCNCc1oc2ccc(C(C)C)cc2c1COC. The molecule has 1 N–H and O–H groups in total. The van der Waals surface area contributed by atoms with Crippen LogP contribution in [-0.2, 0) is 17.9 Å². The lowest BCUT2D eigenvalue weighted by molar-refractivity contribution is 0.183. The summed E-state index contributed by atoms with van der Waals surface area (Å²) in [5, 5.41) is 4.59. The van der Waals surface area contributed by atoms with E-state index in [4.69, 9.17) is 9.15 Å². The smallest absolute Gasteiger partial charge is 0.134 e. The maximum Gasteiger partial charge on any atom is 0.134 e. The minimum Gasteiger partial charge on any atom is -0.459 e. The highest BCUT2D eigenvalue weighted by molar-refractivity contribution is 5.83. The van der Waals surface area contributed by atoms with Gasteiger partial charge in [-0.25, -0.2) is 0 Å². The molecular formula is C17H25NO2. The first kappa shape index (κ1) is 15.1. The Hall–Kier alpha value is -1.32. The number of rotatable bonds is 7. The van der Waals surface area contributed by atoms with Gasteiger partial charge >= 0.3 is 0 Å². The van der Waals surface area contributed by atoms with E-state index in [2.05, 4.69) is 44.3 Å². The van der Waals surface area contributed by atoms with Gasteiger partial charge in [-0.05, 0) is 36.6 Å². The van der Waals surface area contributed by atoms with Crippen molar-refractivity contribution in [3.8, 4) is 0 Å². The summed E-state index contributed by atoms with van der Waals surface area (Å²) in [6.07, 6.45) is 1.12. The van der Waals surface area contributed by atoms with Gasteiger partial charge in [0.05, 0.1) is 13.2 Å². The molecule has 0 atom stereocenters. The number of furan rings is 1. The topological polar surface area (TPSA) is 34.4 Å². The Labute approximate surface area is 121 Å². The third kappa shape index (κ3) is 3.22. The molecule has 1 heterocycles. The maximum atomic E-state index is 5.99. The number of hydrogen-bond donors (Lipinski definition) is 1. The first-order chi connectivity index (χ1) is 9.67. The fourth-order valence-electron chi connectivity index (χ4n) is 2.40. The summed E-state index contributed by atoms with van der Waals surface area (Å²) in [4.78, 5) is 0. The van der Waals surface area contributed by atoms with Crippen molar-refractivity contribution in [3.05, 3.63) is 35.1 Å². The van der Waals surface area contributed by atoms with Crippen LogP contribution in [0.5, 0.6) is 0 Å². The number of methoxy groups -OCH3 is 1. The van der Waals surface area contributed by atoms with E-state index >= 15 is 0 Å². The van der Waals surface area contributed by atoms with Gasteiger partial charge in [-0.3, -0.25) is 0 Å².